The van der Waals surface area contributed by atoms with Crippen LogP contribution in [-0.4, -0.2) is 0 Å². The van der Waals surface area contributed by atoms with Gasteiger partial charge in [0, 0.05) is 16.4 Å². The van der Waals surface area contributed by atoms with Gasteiger partial charge in [-0.15, -0.1) is 0 Å². The van der Waals surface area contributed by atoms with Crippen molar-refractivity contribution < 1.29 is 4.42 Å². The van der Waals surface area contributed by atoms with E-state index in [9.17, 15) is 0 Å². The summed E-state index contributed by atoms with van der Waals surface area (Å²) < 4.78 is 6.02. The van der Waals surface area contributed by atoms with Crippen molar-refractivity contribution in [1.29, 1.82) is 0 Å². The molecule has 0 aliphatic heterocycles. The maximum atomic E-state index is 6.02. The minimum absolute atomic E-state index is 0.118. The molecule has 0 bridgehead atoms. The second-order valence-corrected chi connectivity index (χ2v) is 6.08. The van der Waals surface area contributed by atoms with E-state index in [1.54, 1.807) is 0 Å². The fourth-order valence-electron chi connectivity index (χ4n) is 3.32. The van der Waals surface area contributed by atoms with Crippen molar-refractivity contribution in [3.63, 3.8) is 0 Å². The van der Waals surface area contributed by atoms with Crippen LogP contribution >= 0.6 is 0 Å². The number of furan rings is 1. The normalized spacial score (nSPS) is 16.6. The van der Waals surface area contributed by atoms with Crippen LogP contribution in [0.3, 0.4) is 0 Å². The molecule has 2 aromatic rings. The quantitative estimate of drug-likeness (QED) is 0.633. The van der Waals surface area contributed by atoms with Crippen molar-refractivity contribution in [3.05, 3.63) is 39.7 Å². The average molecular weight is 240 g/mol. The number of hydrogen-bond donors (Lipinski definition) is 0. The zero-order chi connectivity index (χ0) is 13.2. The third-order valence-electron chi connectivity index (χ3n) is 4.52. The van der Waals surface area contributed by atoms with Crippen molar-refractivity contribution in [3.8, 4) is 0 Å². The molecule has 0 atom stereocenters. The molecule has 0 saturated heterocycles. The largest absolute Gasteiger partial charge is 0.460 e. The van der Waals surface area contributed by atoms with Gasteiger partial charge < -0.3 is 4.42 Å². The molecule has 1 aromatic heterocycles. The second-order valence-electron chi connectivity index (χ2n) is 6.08. The number of benzene rings is 1. The Bertz CT molecular complexity index is 696. The third kappa shape index (κ3) is 1.22. The molecular weight excluding hydrogens is 220 g/mol. The lowest BCUT2D eigenvalue weighted by Crippen LogP contribution is -2.13. The van der Waals surface area contributed by atoms with Gasteiger partial charge in [0.1, 0.15) is 11.3 Å². The first-order chi connectivity index (χ1) is 8.34. The van der Waals surface area contributed by atoms with E-state index < -0.39 is 0 Å². The van der Waals surface area contributed by atoms with E-state index in [-0.39, 0.29) is 5.41 Å². The van der Waals surface area contributed by atoms with E-state index in [0.717, 1.165) is 11.3 Å². The van der Waals surface area contributed by atoms with Crippen LogP contribution in [0, 0.1) is 27.7 Å². The first-order valence-electron chi connectivity index (χ1n) is 6.57. The minimum atomic E-state index is 0.118. The van der Waals surface area contributed by atoms with Gasteiger partial charge in [-0.3, -0.25) is 0 Å². The molecule has 0 unspecified atom stereocenters. The maximum absolute atomic E-state index is 6.02. The zero-order valence-corrected chi connectivity index (χ0v) is 12.1. The van der Waals surface area contributed by atoms with Crippen LogP contribution in [0.25, 0.3) is 17.0 Å². The molecule has 3 rings (SSSR count). The molecule has 0 saturated carbocycles. The fraction of sp³-hybridized carbons (Fsp3) is 0.412. The summed E-state index contributed by atoms with van der Waals surface area (Å²) in [4.78, 5) is 0. The predicted molar refractivity (Wildman–Crippen MR) is 77.2 cm³/mol. The van der Waals surface area contributed by atoms with Crippen molar-refractivity contribution in [2.75, 3.05) is 0 Å². The summed E-state index contributed by atoms with van der Waals surface area (Å²) in [5, 5.41) is 1.31. The Morgan fingerprint density at radius 1 is 0.944 bits per heavy atom. The zero-order valence-electron chi connectivity index (χ0n) is 12.1. The summed E-state index contributed by atoms with van der Waals surface area (Å²) in [5.41, 5.74) is 7.98. The lowest BCUT2D eigenvalue weighted by Gasteiger charge is -2.22. The standard InChI is InChI=1S/C17H20O/c1-9-10(2)15-13(7-8-17(15,5)6)16-14(9)11(3)12(4)18-16/h7-8H,1-6H3. The van der Waals surface area contributed by atoms with Gasteiger partial charge in [0.05, 0.1) is 0 Å². The highest BCUT2D eigenvalue weighted by molar-refractivity contribution is 5.96. The number of allylic oxidation sites excluding steroid dienone is 1. The highest BCUT2D eigenvalue weighted by atomic mass is 16.3. The Balaban J connectivity index is 2.56. The molecule has 94 valence electrons. The average Bonchev–Trinajstić information content (AvgIpc) is 2.75. The van der Waals surface area contributed by atoms with Gasteiger partial charge in [-0.2, -0.15) is 0 Å². The van der Waals surface area contributed by atoms with Crippen LogP contribution < -0.4 is 0 Å². The Kier molecular flexibility index (Phi) is 2.11. The molecule has 1 aromatic carbocycles. The molecule has 1 aliphatic carbocycles. The molecule has 0 fully saturated rings. The van der Waals surface area contributed by atoms with Gasteiger partial charge in [-0.25, -0.2) is 0 Å². The second kappa shape index (κ2) is 3.28. The fourth-order valence-corrected chi connectivity index (χ4v) is 3.32. The van der Waals surface area contributed by atoms with Gasteiger partial charge >= 0.3 is 0 Å². The van der Waals surface area contributed by atoms with Crippen molar-refractivity contribution in [2.45, 2.75) is 47.0 Å². The minimum Gasteiger partial charge on any atom is -0.460 e. The van der Waals surface area contributed by atoms with E-state index in [1.165, 1.54) is 33.2 Å². The highest BCUT2D eigenvalue weighted by Gasteiger charge is 2.31. The van der Waals surface area contributed by atoms with Crippen LogP contribution in [0.4, 0.5) is 0 Å². The van der Waals surface area contributed by atoms with Crippen LogP contribution in [0.15, 0.2) is 10.5 Å². The van der Waals surface area contributed by atoms with Gasteiger partial charge in [0.2, 0.25) is 0 Å². The van der Waals surface area contributed by atoms with E-state index in [2.05, 4.69) is 53.7 Å². The molecule has 1 aliphatic rings. The van der Waals surface area contributed by atoms with Crippen molar-refractivity contribution in [2.24, 2.45) is 0 Å². The SMILES string of the molecule is Cc1oc2c3c(c(C)c(C)c2c1C)C(C)(C)C=C3. The lowest BCUT2D eigenvalue weighted by atomic mass is 9.81. The highest BCUT2D eigenvalue weighted by Crippen LogP contribution is 2.44. The lowest BCUT2D eigenvalue weighted by molar-refractivity contribution is 0.572. The van der Waals surface area contributed by atoms with Crippen molar-refractivity contribution in [1.82, 2.24) is 0 Å². The summed E-state index contributed by atoms with van der Waals surface area (Å²) in [6, 6.07) is 0. The summed E-state index contributed by atoms with van der Waals surface area (Å²) in [5.74, 6) is 1.04. The Labute approximate surface area is 108 Å². The van der Waals surface area contributed by atoms with Crippen LogP contribution in [0.5, 0.6) is 0 Å². The summed E-state index contributed by atoms with van der Waals surface area (Å²) in [6.45, 7) is 13.2. The topological polar surface area (TPSA) is 13.1 Å². The Morgan fingerprint density at radius 2 is 1.61 bits per heavy atom. The van der Waals surface area contributed by atoms with E-state index in [4.69, 9.17) is 4.42 Å². The molecule has 0 spiro atoms. The number of hydrogen-bond acceptors (Lipinski definition) is 1. The molecular formula is C17H20O. The smallest absolute Gasteiger partial charge is 0.142 e. The maximum Gasteiger partial charge on any atom is 0.142 e. The first-order valence-corrected chi connectivity index (χ1v) is 6.57. The monoisotopic (exact) mass is 240 g/mol. The van der Waals surface area contributed by atoms with Gasteiger partial charge in [-0.1, -0.05) is 26.0 Å². The van der Waals surface area contributed by atoms with E-state index in [1.807, 2.05) is 0 Å². The number of fused-ring (bicyclic) bond motifs is 3. The Hall–Kier alpha value is -1.50. The van der Waals surface area contributed by atoms with Crippen LogP contribution in [-0.2, 0) is 5.41 Å². The van der Waals surface area contributed by atoms with Gasteiger partial charge in [-0.05, 0) is 49.9 Å². The van der Waals surface area contributed by atoms with E-state index in [0.29, 0.717) is 0 Å². The van der Waals surface area contributed by atoms with Crippen LogP contribution in [0.2, 0.25) is 0 Å². The third-order valence-corrected chi connectivity index (χ3v) is 4.52. The molecule has 0 amide bonds. The summed E-state index contributed by atoms with van der Waals surface area (Å²) in [7, 11) is 0. The molecule has 0 N–H and O–H groups in total. The van der Waals surface area contributed by atoms with Crippen molar-refractivity contribution >= 4 is 17.0 Å². The Morgan fingerprint density at radius 3 is 2.28 bits per heavy atom. The van der Waals surface area contributed by atoms with E-state index >= 15 is 0 Å². The molecule has 18 heavy (non-hydrogen) atoms. The predicted octanol–water partition coefficient (Wildman–Crippen LogP) is 4.97. The molecule has 0 radical (unpaired) electrons. The summed E-state index contributed by atoms with van der Waals surface area (Å²) in [6.07, 6.45) is 4.52. The molecule has 1 nitrogen and oxygen atoms in total. The van der Waals surface area contributed by atoms with Gasteiger partial charge in [0.15, 0.2) is 0 Å². The van der Waals surface area contributed by atoms with Gasteiger partial charge in [0.25, 0.3) is 0 Å². The molecule has 1 heterocycles. The number of rotatable bonds is 0. The first kappa shape index (κ1) is 11.6. The molecule has 1 heteroatoms. The summed E-state index contributed by atoms with van der Waals surface area (Å²) >= 11 is 0. The number of aryl methyl sites for hydroxylation is 3. The van der Waals surface area contributed by atoms with Crippen LogP contribution in [0.1, 0.15) is 47.4 Å².